The second kappa shape index (κ2) is 6.75. The number of carbonyl (C=O) groups is 1. The Kier molecular flexibility index (Phi) is 4.53. The Hall–Kier alpha value is -2.46. The lowest BCUT2D eigenvalue weighted by atomic mass is 10.0. The van der Waals surface area contributed by atoms with Crippen LogP contribution in [-0.2, 0) is 4.74 Å². The number of hydrogen-bond acceptors (Lipinski definition) is 4. The smallest absolute Gasteiger partial charge is 0.341 e. The third kappa shape index (κ3) is 3.17. The maximum absolute atomic E-state index is 12.5. The van der Waals surface area contributed by atoms with Gasteiger partial charge in [0.15, 0.2) is 0 Å². The van der Waals surface area contributed by atoms with Crippen molar-refractivity contribution in [1.82, 2.24) is 4.37 Å². The van der Waals surface area contributed by atoms with Crippen molar-refractivity contribution in [3.05, 3.63) is 65.7 Å². The van der Waals surface area contributed by atoms with E-state index in [-0.39, 0.29) is 5.97 Å². The number of benzene rings is 2. The molecule has 116 valence electrons. The maximum Gasteiger partial charge on any atom is 0.341 e. The topological polar surface area (TPSA) is 39.2 Å². The first-order valence-corrected chi connectivity index (χ1v) is 8.27. The zero-order valence-electron chi connectivity index (χ0n) is 13.1. The van der Waals surface area contributed by atoms with E-state index in [0.717, 1.165) is 21.6 Å². The summed E-state index contributed by atoms with van der Waals surface area (Å²) in [6.45, 7) is 4.18. The molecule has 0 aliphatic carbocycles. The van der Waals surface area contributed by atoms with Gasteiger partial charge in [0, 0.05) is 5.56 Å². The number of hydrogen-bond donors (Lipinski definition) is 0. The van der Waals surface area contributed by atoms with Crippen molar-refractivity contribution >= 4 is 17.5 Å². The van der Waals surface area contributed by atoms with Crippen molar-refractivity contribution in [3.63, 3.8) is 0 Å². The second-order valence-corrected chi connectivity index (χ2v) is 5.96. The molecule has 3 rings (SSSR count). The number of esters is 1. The van der Waals surface area contributed by atoms with Crippen LogP contribution < -0.4 is 0 Å². The van der Waals surface area contributed by atoms with Crippen LogP contribution >= 0.6 is 11.5 Å². The van der Waals surface area contributed by atoms with Gasteiger partial charge in [-0.3, -0.25) is 0 Å². The minimum atomic E-state index is -0.323. The van der Waals surface area contributed by atoms with Gasteiger partial charge in [-0.15, -0.1) is 0 Å². The van der Waals surface area contributed by atoms with Gasteiger partial charge in [-0.05, 0) is 37.0 Å². The van der Waals surface area contributed by atoms with Crippen LogP contribution in [0.1, 0.15) is 22.8 Å². The number of ether oxygens (including phenoxy) is 1. The van der Waals surface area contributed by atoms with Crippen molar-refractivity contribution in [2.24, 2.45) is 0 Å². The average Bonchev–Trinajstić information content (AvgIpc) is 3.01. The van der Waals surface area contributed by atoms with E-state index in [4.69, 9.17) is 4.74 Å². The highest BCUT2D eigenvalue weighted by Crippen LogP contribution is 2.36. The Morgan fingerprint density at radius 3 is 2.52 bits per heavy atom. The minimum absolute atomic E-state index is 0.323. The number of aryl methyl sites for hydroxylation is 1. The molecule has 2 aromatic carbocycles. The van der Waals surface area contributed by atoms with Crippen LogP contribution in [0.3, 0.4) is 0 Å². The van der Waals surface area contributed by atoms with E-state index < -0.39 is 0 Å². The van der Waals surface area contributed by atoms with Crippen molar-refractivity contribution in [2.45, 2.75) is 13.8 Å². The van der Waals surface area contributed by atoms with Crippen LogP contribution in [0.5, 0.6) is 0 Å². The number of carbonyl (C=O) groups excluding carboxylic acids is 1. The highest BCUT2D eigenvalue weighted by Gasteiger charge is 2.24. The maximum atomic E-state index is 12.5. The average molecular weight is 323 g/mol. The van der Waals surface area contributed by atoms with Crippen LogP contribution in [0.25, 0.3) is 21.7 Å². The molecule has 1 aromatic heterocycles. The molecule has 0 amide bonds. The summed E-state index contributed by atoms with van der Waals surface area (Å²) in [6, 6.07) is 17.8. The Balaban J connectivity index is 2.17. The molecule has 0 aliphatic heterocycles. The molecule has 0 fully saturated rings. The lowest BCUT2D eigenvalue weighted by Crippen LogP contribution is -2.06. The van der Waals surface area contributed by atoms with Gasteiger partial charge in [0.1, 0.15) is 5.56 Å². The minimum Gasteiger partial charge on any atom is -0.462 e. The predicted molar refractivity (Wildman–Crippen MR) is 93.7 cm³/mol. The van der Waals surface area contributed by atoms with Crippen molar-refractivity contribution in [3.8, 4) is 21.7 Å². The van der Waals surface area contributed by atoms with Crippen molar-refractivity contribution in [1.29, 1.82) is 0 Å². The Morgan fingerprint density at radius 1 is 1.09 bits per heavy atom. The van der Waals surface area contributed by atoms with Gasteiger partial charge in [0.25, 0.3) is 0 Å². The fraction of sp³-hybridized carbons (Fsp3) is 0.158. The summed E-state index contributed by atoms with van der Waals surface area (Å²) in [7, 11) is 0. The molecular weight excluding hydrogens is 306 g/mol. The van der Waals surface area contributed by atoms with Gasteiger partial charge >= 0.3 is 5.97 Å². The molecule has 0 spiro atoms. The van der Waals surface area contributed by atoms with Crippen molar-refractivity contribution < 1.29 is 9.53 Å². The second-order valence-electron chi connectivity index (χ2n) is 5.19. The van der Waals surface area contributed by atoms with Gasteiger partial charge in [-0.1, -0.05) is 54.1 Å². The normalized spacial score (nSPS) is 10.5. The monoisotopic (exact) mass is 323 g/mol. The first kappa shape index (κ1) is 15.4. The molecule has 4 heteroatoms. The summed E-state index contributed by atoms with van der Waals surface area (Å²) in [5.74, 6) is -0.323. The molecule has 0 radical (unpaired) electrons. The number of rotatable bonds is 4. The molecule has 0 unspecified atom stereocenters. The summed E-state index contributed by atoms with van der Waals surface area (Å²) >= 11 is 1.33. The van der Waals surface area contributed by atoms with Gasteiger partial charge < -0.3 is 4.74 Å². The Morgan fingerprint density at radius 2 is 1.83 bits per heavy atom. The van der Waals surface area contributed by atoms with E-state index in [2.05, 4.69) is 4.37 Å². The third-order valence-corrected chi connectivity index (χ3v) is 4.40. The first-order valence-electron chi connectivity index (χ1n) is 7.50. The highest BCUT2D eigenvalue weighted by molar-refractivity contribution is 7.10. The van der Waals surface area contributed by atoms with E-state index in [1.807, 2.05) is 68.4 Å². The Labute approximate surface area is 139 Å². The lowest BCUT2D eigenvalue weighted by molar-refractivity contribution is 0.0528. The summed E-state index contributed by atoms with van der Waals surface area (Å²) < 4.78 is 9.82. The standard InChI is InChI=1S/C19H17NO2S/c1-3-22-19(21)16-17(15-11-7-8-13(2)12-15)20-23-18(16)14-9-5-4-6-10-14/h4-12H,3H2,1-2H3. The van der Waals surface area contributed by atoms with E-state index in [0.29, 0.717) is 17.9 Å². The fourth-order valence-corrected chi connectivity index (χ4v) is 3.35. The third-order valence-electron chi connectivity index (χ3n) is 3.50. The number of aromatic nitrogens is 1. The largest absolute Gasteiger partial charge is 0.462 e. The zero-order valence-corrected chi connectivity index (χ0v) is 13.9. The summed E-state index contributed by atoms with van der Waals surface area (Å²) in [4.78, 5) is 13.4. The van der Waals surface area contributed by atoms with Crippen molar-refractivity contribution in [2.75, 3.05) is 6.61 Å². The molecule has 3 aromatic rings. The molecule has 0 saturated heterocycles. The van der Waals surface area contributed by atoms with Crippen LogP contribution in [-0.4, -0.2) is 16.9 Å². The molecular formula is C19H17NO2S. The molecule has 0 atom stereocenters. The highest BCUT2D eigenvalue weighted by atomic mass is 32.1. The molecule has 0 aliphatic rings. The molecule has 23 heavy (non-hydrogen) atoms. The van der Waals surface area contributed by atoms with Gasteiger partial charge in [0.05, 0.1) is 17.2 Å². The van der Waals surface area contributed by atoms with Gasteiger partial charge in [-0.25, -0.2) is 4.79 Å². The van der Waals surface area contributed by atoms with Gasteiger partial charge in [-0.2, -0.15) is 4.37 Å². The quantitative estimate of drug-likeness (QED) is 0.637. The van der Waals surface area contributed by atoms with Crippen LogP contribution in [0.4, 0.5) is 0 Å². The summed E-state index contributed by atoms with van der Waals surface area (Å²) in [6.07, 6.45) is 0. The van der Waals surface area contributed by atoms with Crippen LogP contribution in [0.15, 0.2) is 54.6 Å². The predicted octanol–water partition coefficient (Wildman–Crippen LogP) is 4.96. The molecule has 0 saturated carbocycles. The summed E-state index contributed by atoms with van der Waals surface area (Å²) in [5.41, 5.74) is 4.29. The lowest BCUT2D eigenvalue weighted by Gasteiger charge is -2.06. The number of nitrogens with zero attached hydrogens (tertiary/aromatic N) is 1. The molecule has 0 bridgehead atoms. The Bertz CT molecular complexity index is 824. The molecule has 3 nitrogen and oxygen atoms in total. The zero-order chi connectivity index (χ0) is 16.2. The molecule has 0 N–H and O–H groups in total. The van der Waals surface area contributed by atoms with Gasteiger partial charge in [0.2, 0.25) is 0 Å². The summed E-state index contributed by atoms with van der Waals surface area (Å²) in [5, 5.41) is 0. The SMILES string of the molecule is CCOC(=O)c1c(-c2cccc(C)c2)nsc1-c1ccccc1. The molecule has 1 heterocycles. The van der Waals surface area contributed by atoms with E-state index in [1.165, 1.54) is 11.5 Å². The van der Waals surface area contributed by atoms with Crippen LogP contribution in [0, 0.1) is 6.92 Å². The van der Waals surface area contributed by atoms with Crippen LogP contribution in [0.2, 0.25) is 0 Å². The fourth-order valence-electron chi connectivity index (χ4n) is 2.46. The van der Waals surface area contributed by atoms with E-state index in [1.54, 1.807) is 0 Å². The van der Waals surface area contributed by atoms with E-state index >= 15 is 0 Å². The first-order chi connectivity index (χ1) is 11.2. The van der Waals surface area contributed by atoms with E-state index in [9.17, 15) is 4.79 Å².